The molecule has 0 saturated carbocycles. The van der Waals surface area contributed by atoms with E-state index in [1.165, 1.54) is 10.2 Å². The van der Waals surface area contributed by atoms with Gasteiger partial charge in [-0.2, -0.15) is 9.78 Å². The van der Waals surface area contributed by atoms with E-state index in [0.29, 0.717) is 40.5 Å². The van der Waals surface area contributed by atoms with Crippen LogP contribution in [0.4, 0.5) is 0 Å². The van der Waals surface area contributed by atoms with Crippen LogP contribution < -0.4 is 10.3 Å². The van der Waals surface area contributed by atoms with Crippen molar-refractivity contribution in [1.82, 2.24) is 9.66 Å². The third kappa shape index (κ3) is 4.92. The van der Waals surface area contributed by atoms with E-state index in [-0.39, 0.29) is 5.56 Å². The van der Waals surface area contributed by atoms with Gasteiger partial charge in [-0.3, -0.25) is 4.79 Å². The number of halogens is 2. The van der Waals surface area contributed by atoms with E-state index in [2.05, 4.69) is 32.1 Å². The molecule has 162 valence electrons. The lowest BCUT2D eigenvalue weighted by Gasteiger charge is -2.10. The smallest absolute Gasteiger partial charge is 0.282 e. The zero-order chi connectivity index (χ0) is 22.7. The second-order valence-electron chi connectivity index (χ2n) is 7.37. The van der Waals surface area contributed by atoms with Crippen LogP contribution in [0.1, 0.15) is 29.4 Å². The quantitative estimate of drug-likeness (QED) is 0.293. The molecule has 1 aromatic heterocycles. The number of nitrogens with zero attached hydrogens (tertiary/aromatic N) is 3. The van der Waals surface area contributed by atoms with Gasteiger partial charge in [-0.15, -0.1) is 0 Å². The third-order valence-corrected chi connectivity index (χ3v) is 5.74. The van der Waals surface area contributed by atoms with Gasteiger partial charge in [-0.05, 0) is 54.4 Å². The summed E-state index contributed by atoms with van der Waals surface area (Å²) in [5.41, 5.74) is 3.45. The molecule has 0 atom stereocenters. The molecule has 32 heavy (non-hydrogen) atoms. The van der Waals surface area contributed by atoms with Crippen molar-refractivity contribution in [2.24, 2.45) is 5.10 Å². The van der Waals surface area contributed by atoms with Crippen molar-refractivity contribution in [2.75, 3.05) is 0 Å². The Labute approximate surface area is 199 Å². The molecule has 0 fully saturated rings. The van der Waals surface area contributed by atoms with Crippen LogP contribution in [-0.4, -0.2) is 15.9 Å². The Morgan fingerprint density at radius 1 is 1.16 bits per heavy atom. The summed E-state index contributed by atoms with van der Waals surface area (Å²) in [5, 5.41) is 5.39. The summed E-state index contributed by atoms with van der Waals surface area (Å²) in [6.07, 6.45) is 2.17. The molecule has 4 aromatic rings. The Hall–Kier alpha value is -2.96. The number of benzene rings is 3. The van der Waals surface area contributed by atoms with Crippen molar-refractivity contribution >= 4 is 44.6 Å². The van der Waals surface area contributed by atoms with Crippen LogP contribution in [-0.2, 0) is 13.0 Å². The van der Waals surface area contributed by atoms with Crippen LogP contribution >= 0.6 is 27.5 Å². The Morgan fingerprint density at radius 2 is 2.00 bits per heavy atom. The van der Waals surface area contributed by atoms with Gasteiger partial charge in [0.25, 0.3) is 5.56 Å². The fourth-order valence-electron chi connectivity index (χ4n) is 3.34. The van der Waals surface area contributed by atoms with Crippen molar-refractivity contribution < 1.29 is 4.74 Å². The standard InChI is InChI=1S/C25H21BrClN3O2/c1-3-24-29-22-9-8-19(26)13-20(22)25(31)30(24)28-14-17-7-10-23(21(27)12-17)32-15-18-6-4-5-16(2)11-18/h4-14H,3,15H2,1-2H3. The van der Waals surface area contributed by atoms with E-state index in [1.54, 1.807) is 24.4 Å². The van der Waals surface area contributed by atoms with Crippen LogP contribution in [0, 0.1) is 6.92 Å². The molecule has 0 aliphatic heterocycles. The molecule has 0 aliphatic rings. The Balaban J connectivity index is 1.58. The van der Waals surface area contributed by atoms with Crippen LogP contribution in [0.25, 0.3) is 10.9 Å². The molecule has 3 aromatic carbocycles. The lowest BCUT2D eigenvalue weighted by atomic mass is 10.1. The highest BCUT2D eigenvalue weighted by atomic mass is 79.9. The van der Waals surface area contributed by atoms with Crippen molar-refractivity contribution in [1.29, 1.82) is 0 Å². The molecule has 0 bridgehead atoms. The predicted octanol–water partition coefficient (Wildman–Crippen LogP) is 6.14. The van der Waals surface area contributed by atoms with Gasteiger partial charge < -0.3 is 4.74 Å². The van der Waals surface area contributed by atoms with Gasteiger partial charge in [0.05, 0.1) is 22.1 Å². The van der Waals surface area contributed by atoms with E-state index in [9.17, 15) is 4.79 Å². The summed E-state index contributed by atoms with van der Waals surface area (Å²) >= 11 is 9.83. The molecule has 5 nitrogen and oxygen atoms in total. The maximum atomic E-state index is 13.0. The minimum Gasteiger partial charge on any atom is -0.487 e. The maximum Gasteiger partial charge on any atom is 0.282 e. The predicted molar refractivity (Wildman–Crippen MR) is 133 cm³/mol. The zero-order valence-corrected chi connectivity index (χ0v) is 20.0. The summed E-state index contributed by atoms with van der Waals surface area (Å²) in [5.74, 6) is 1.18. The van der Waals surface area contributed by atoms with Gasteiger partial charge in [0.15, 0.2) is 0 Å². The molecule has 0 N–H and O–H groups in total. The molecule has 0 spiro atoms. The first-order valence-electron chi connectivity index (χ1n) is 10.2. The van der Waals surface area contributed by atoms with E-state index in [4.69, 9.17) is 16.3 Å². The summed E-state index contributed by atoms with van der Waals surface area (Å²) in [6.45, 7) is 4.42. The summed E-state index contributed by atoms with van der Waals surface area (Å²) in [4.78, 5) is 17.6. The zero-order valence-electron chi connectivity index (χ0n) is 17.7. The maximum absolute atomic E-state index is 13.0. The first-order valence-corrected chi connectivity index (χ1v) is 11.3. The van der Waals surface area contributed by atoms with E-state index in [0.717, 1.165) is 15.6 Å². The van der Waals surface area contributed by atoms with E-state index in [1.807, 2.05) is 50.2 Å². The minimum atomic E-state index is -0.214. The fourth-order valence-corrected chi connectivity index (χ4v) is 3.95. The molecule has 4 rings (SSSR count). The van der Waals surface area contributed by atoms with E-state index >= 15 is 0 Å². The first kappa shape index (κ1) is 22.2. The second-order valence-corrected chi connectivity index (χ2v) is 8.70. The molecule has 1 heterocycles. The normalized spacial score (nSPS) is 11.4. The SMILES string of the molecule is CCc1nc2ccc(Br)cc2c(=O)n1N=Cc1ccc(OCc2cccc(C)c2)c(Cl)c1. The monoisotopic (exact) mass is 509 g/mol. The molecule has 0 radical (unpaired) electrons. The largest absolute Gasteiger partial charge is 0.487 e. The molecule has 0 aliphatic carbocycles. The first-order chi connectivity index (χ1) is 15.4. The van der Waals surface area contributed by atoms with Gasteiger partial charge in [0, 0.05) is 10.9 Å². The van der Waals surface area contributed by atoms with Gasteiger partial charge in [0.1, 0.15) is 18.2 Å². The lowest BCUT2D eigenvalue weighted by Crippen LogP contribution is -2.22. The fraction of sp³-hybridized carbons (Fsp3) is 0.160. The number of hydrogen-bond donors (Lipinski definition) is 0. The van der Waals surface area contributed by atoms with Gasteiger partial charge in [0.2, 0.25) is 0 Å². The highest BCUT2D eigenvalue weighted by molar-refractivity contribution is 9.10. The van der Waals surface area contributed by atoms with Gasteiger partial charge in [-0.25, -0.2) is 4.98 Å². The van der Waals surface area contributed by atoms with Crippen molar-refractivity contribution in [2.45, 2.75) is 26.9 Å². The average Bonchev–Trinajstić information content (AvgIpc) is 2.78. The second kappa shape index (κ2) is 9.67. The molecule has 0 saturated heterocycles. The van der Waals surface area contributed by atoms with Crippen molar-refractivity contribution in [3.8, 4) is 5.75 Å². The van der Waals surface area contributed by atoms with Crippen molar-refractivity contribution in [3.63, 3.8) is 0 Å². The summed E-state index contributed by atoms with van der Waals surface area (Å²) in [7, 11) is 0. The van der Waals surface area contributed by atoms with E-state index < -0.39 is 0 Å². The Kier molecular flexibility index (Phi) is 6.72. The number of rotatable bonds is 6. The Bertz CT molecular complexity index is 1380. The Morgan fingerprint density at radius 3 is 2.75 bits per heavy atom. The molecule has 7 heteroatoms. The highest BCUT2D eigenvalue weighted by Crippen LogP contribution is 2.26. The molecule has 0 amide bonds. The topological polar surface area (TPSA) is 56.5 Å². The average molecular weight is 511 g/mol. The number of aromatic nitrogens is 2. The van der Waals surface area contributed by atoms with Crippen LogP contribution in [0.15, 0.2) is 75.0 Å². The molecular weight excluding hydrogens is 490 g/mol. The number of ether oxygens (including phenoxy) is 1. The highest BCUT2D eigenvalue weighted by Gasteiger charge is 2.10. The number of fused-ring (bicyclic) bond motifs is 1. The summed E-state index contributed by atoms with van der Waals surface area (Å²) in [6, 6.07) is 19.0. The lowest BCUT2D eigenvalue weighted by molar-refractivity contribution is 0.306. The number of aryl methyl sites for hydroxylation is 2. The van der Waals surface area contributed by atoms with Crippen LogP contribution in [0.3, 0.4) is 0 Å². The number of hydrogen-bond acceptors (Lipinski definition) is 4. The molecular formula is C25H21BrClN3O2. The minimum absolute atomic E-state index is 0.214. The van der Waals surface area contributed by atoms with Crippen molar-refractivity contribution in [3.05, 3.63) is 103 Å². The van der Waals surface area contributed by atoms with Gasteiger partial charge >= 0.3 is 0 Å². The van der Waals surface area contributed by atoms with Crippen LogP contribution in [0.2, 0.25) is 5.02 Å². The molecule has 0 unspecified atom stereocenters. The van der Waals surface area contributed by atoms with Gasteiger partial charge in [-0.1, -0.05) is 64.3 Å². The van der Waals surface area contributed by atoms with Crippen LogP contribution in [0.5, 0.6) is 5.75 Å². The summed E-state index contributed by atoms with van der Waals surface area (Å²) < 4.78 is 8.02. The third-order valence-electron chi connectivity index (χ3n) is 4.95.